The van der Waals surface area contributed by atoms with Crippen LogP contribution in [0.5, 0.6) is 0 Å². The molecule has 0 radical (unpaired) electrons. The van der Waals surface area contributed by atoms with Gasteiger partial charge < -0.3 is 74.6 Å². The van der Waals surface area contributed by atoms with E-state index in [1.807, 2.05) is 4.98 Å². The topological polar surface area (TPSA) is 507 Å². The maximum Gasteiger partial charge on any atom is 0.490 e. The van der Waals surface area contributed by atoms with Gasteiger partial charge in [0, 0.05) is 38.3 Å². The fourth-order valence-corrected chi connectivity index (χ4v) is 13.6. The van der Waals surface area contributed by atoms with Crippen LogP contribution in [0.25, 0.3) is 22.3 Å². The van der Waals surface area contributed by atoms with Crippen LogP contribution in [0.15, 0.2) is 45.6 Å². The predicted molar refractivity (Wildman–Crippen MR) is 241 cm³/mol. The van der Waals surface area contributed by atoms with Crippen molar-refractivity contribution in [3.05, 3.63) is 62.4 Å². The maximum absolute atomic E-state index is 13.8. The van der Waals surface area contributed by atoms with Crippen molar-refractivity contribution in [1.29, 1.82) is 0 Å². The summed E-state index contributed by atoms with van der Waals surface area (Å²) in [5.74, 6) is -2.75. The van der Waals surface area contributed by atoms with Gasteiger partial charge in [-0.25, -0.2) is 38.0 Å². The number of methoxy groups -OCH3 is 2. The third kappa shape index (κ3) is 11.7. The van der Waals surface area contributed by atoms with E-state index in [2.05, 4.69) is 33.5 Å². The lowest BCUT2D eigenvalue weighted by Crippen LogP contribution is -2.45. The Morgan fingerprint density at radius 2 is 1.42 bits per heavy atom. The molecule has 5 unspecified atom stereocenters. The summed E-state index contributed by atoms with van der Waals surface area (Å²) < 4.78 is 110. The molecule has 36 nitrogen and oxygen atoms in total. The fourth-order valence-electron chi connectivity index (χ4n) is 8.67. The van der Waals surface area contributed by atoms with Crippen LogP contribution in [-0.2, 0) is 71.2 Å². The van der Waals surface area contributed by atoms with E-state index >= 15 is 0 Å². The summed E-state index contributed by atoms with van der Waals surface area (Å²) in [5, 5.41) is 32.6. The molecular weight excluding hydrogens is 1080 g/mol. The van der Waals surface area contributed by atoms with Gasteiger partial charge >= 0.3 is 42.4 Å². The Labute approximate surface area is 412 Å². The van der Waals surface area contributed by atoms with E-state index < -0.39 is 147 Å². The summed E-state index contributed by atoms with van der Waals surface area (Å²) >= 11 is 0. The molecule has 40 heteroatoms. The van der Waals surface area contributed by atoms with Crippen LogP contribution in [0.2, 0.25) is 0 Å². The van der Waals surface area contributed by atoms with E-state index in [1.165, 1.54) is 47.6 Å². The number of H-pyrrole nitrogens is 2. The van der Waals surface area contributed by atoms with Crippen molar-refractivity contribution in [2.75, 3.05) is 58.3 Å². The van der Waals surface area contributed by atoms with Crippen molar-refractivity contribution in [2.45, 2.75) is 61.4 Å². The molecule has 3 saturated heterocycles. The molecule has 3 aliphatic rings. The van der Waals surface area contributed by atoms with Gasteiger partial charge in [-0.1, -0.05) is 4.98 Å². The number of phosphoric ester groups is 2. The van der Waals surface area contributed by atoms with Crippen LogP contribution in [-0.4, -0.2) is 168 Å². The first-order chi connectivity index (χ1) is 34.7. The predicted octanol–water partition coefficient (Wildman–Crippen LogP) is -3.66. The number of aromatic nitrogens is 10. The number of nitrogens with one attached hydrogen (secondary N) is 2. The summed E-state index contributed by atoms with van der Waals surface area (Å²) in [6.45, 7) is -3.21. The minimum Gasteiger partial charge on any atom is -0.387 e. The molecule has 0 bridgehead atoms. The van der Waals surface area contributed by atoms with Crippen LogP contribution >= 0.6 is 31.1 Å². The number of nitrogens with zero attached hydrogens (tertiary/aromatic N) is 8. The number of aliphatic hydroxyl groups excluding tert-OH is 3. The Morgan fingerprint density at radius 3 is 2.07 bits per heavy atom. The number of phosphoric acid groups is 3. The first kappa shape index (κ1) is 55.6. The number of imidazole rings is 2. The van der Waals surface area contributed by atoms with Gasteiger partial charge in [0.2, 0.25) is 11.7 Å². The highest BCUT2D eigenvalue weighted by Crippen LogP contribution is 2.68. The second kappa shape index (κ2) is 21.4. The van der Waals surface area contributed by atoms with Gasteiger partial charge in [-0.15, -0.1) is 0 Å². The third-order valence-corrected chi connectivity index (χ3v) is 17.6. The molecule has 3 aliphatic heterocycles. The van der Waals surface area contributed by atoms with Crippen LogP contribution in [0.3, 0.4) is 0 Å². The molecule has 0 aliphatic carbocycles. The largest absolute Gasteiger partial charge is 0.490 e. The fraction of sp³-hybridized carbons (Fsp3) is 0.588. The van der Waals surface area contributed by atoms with Crippen molar-refractivity contribution in [3.63, 3.8) is 0 Å². The Hall–Kier alpha value is -4.58. The highest BCUT2D eigenvalue weighted by Gasteiger charge is 2.53. The van der Waals surface area contributed by atoms with Crippen LogP contribution in [0.4, 0.5) is 11.8 Å². The number of hydrogen-bond donors (Lipinski definition) is 11. The molecule has 3 fully saturated rings. The molecule has 74 heavy (non-hydrogen) atoms. The first-order valence-electron chi connectivity index (χ1n) is 21.4. The average Bonchev–Trinajstić information content (AvgIpc) is 4.10. The Bertz CT molecular complexity index is 3260. The zero-order valence-corrected chi connectivity index (χ0v) is 42.0. The first-order valence-corrected chi connectivity index (χ1v) is 27.7. The molecule has 0 spiro atoms. The molecule has 0 saturated carbocycles. The maximum atomic E-state index is 13.8. The minimum atomic E-state index is -6.14. The molecule has 8 rings (SSSR count). The van der Waals surface area contributed by atoms with Crippen molar-refractivity contribution < 1.29 is 104 Å². The summed E-state index contributed by atoms with van der Waals surface area (Å²) in [5.41, 5.74) is 9.47. The Morgan fingerprint density at radius 1 is 0.770 bits per heavy atom. The average molecular weight is 1130 g/mol. The number of ether oxygens (including phenoxy) is 5. The lowest BCUT2D eigenvalue weighted by molar-refractivity contribution is -0.745. The number of aryl methyl sites for hydroxylation is 1. The highest BCUT2D eigenvalue weighted by molar-refractivity contribution is 7.66. The molecular formula is C34H49N12O24P4+. The summed E-state index contributed by atoms with van der Waals surface area (Å²) in [6, 6.07) is 0.945. The second-order valence-corrected chi connectivity index (χ2v) is 23.3. The van der Waals surface area contributed by atoms with Gasteiger partial charge in [0.1, 0.15) is 42.4 Å². The molecule has 5 aromatic heterocycles. The van der Waals surface area contributed by atoms with Crippen molar-refractivity contribution >= 4 is 65.2 Å². The van der Waals surface area contributed by atoms with Gasteiger partial charge in [0.05, 0.1) is 58.2 Å². The SMILES string of the molecule is COC[C@H]1[C@@H](O)[C@H]([n+]2cn(C)c3c(=O)[nH]c(N)nc32)O[C@@H]1COP(=O)(O)OP(=O)(O)OP(=O)(O)OCC1O[C@@H](n2cnc3c(N)ncnc32)[C@H](OC)[C@@H]1CP(=O)(O)OC[C@H]1O[C@@H](n2ccc(=O)[nH]c2=O)[C@H](O)[C@@H]1O. The van der Waals surface area contributed by atoms with E-state index in [1.54, 1.807) is 0 Å². The van der Waals surface area contributed by atoms with Crippen LogP contribution < -0.4 is 32.8 Å². The minimum absolute atomic E-state index is 0.0146. The number of nitrogens with two attached hydrogens (primary N) is 2. The van der Waals surface area contributed by atoms with E-state index in [-0.39, 0.29) is 40.7 Å². The quantitative estimate of drug-likeness (QED) is 0.0249. The molecule has 16 atom stereocenters. The molecule has 5 aromatic rings. The molecule has 13 N–H and O–H groups in total. The third-order valence-electron chi connectivity index (χ3n) is 11.9. The Kier molecular flexibility index (Phi) is 16.1. The van der Waals surface area contributed by atoms with E-state index in [0.29, 0.717) is 0 Å². The number of aromatic amines is 2. The number of fused-ring (bicyclic) bond motifs is 2. The molecule has 0 aromatic carbocycles. The number of nitrogen functional groups attached to an aromatic ring is 2. The summed E-state index contributed by atoms with van der Waals surface area (Å²) in [4.78, 5) is 99.9. The number of hydrogen-bond acceptors (Lipinski definition) is 26. The molecule has 8 heterocycles. The smallest absolute Gasteiger partial charge is 0.387 e. The highest BCUT2D eigenvalue weighted by atomic mass is 31.3. The molecule has 408 valence electrons. The van der Waals surface area contributed by atoms with Crippen molar-refractivity contribution in [1.82, 2.24) is 43.6 Å². The number of rotatable bonds is 21. The van der Waals surface area contributed by atoms with Crippen molar-refractivity contribution in [3.8, 4) is 0 Å². The monoisotopic (exact) mass is 1130 g/mol. The lowest BCUT2D eigenvalue weighted by atomic mass is 9.99. The van der Waals surface area contributed by atoms with Gasteiger partial charge in [-0.05, 0) is 0 Å². The second-order valence-electron chi connectivity index (χ2n) is 16.8. The normalized spacial score (nSPS) is 30.6. The van der Waals surface area contributed by atoms with E-state index in [0.717, 1.165) is 23.2 Å². The van der Waals surface area contributed by atoms with Gasteiger partial charge in [0.15, 0.2) is 30.2 Å². The summed E-state index contributed by atoms with van der Waals surface area (Å²) in [7, 11) is -18.8. The number of anilines is 2. The summed E-state index contributed by atoms with van der Waals surface area (Å²) in [6.07, 6.45) is -11.4. The lowest BCUT2D eigenvalue weighted by Gasteiger charge is -2.26. The van der Waals surface area contributed by atoms with Crippen LogP contribution in [0, 0.1) is 11.8 Å². The van der Waals surface area contributed by atoms with E-state index in [4.69, 9.17) is 48.7 Å². The van der Waals surface area contributed by atoms with Crippen LogP contribution in [0.1, 0.15) is 18.7 Å². The van der Waals surface area contributed by atoms with Gasteiger partial charge in [-0.2, -0.15) is 8.62 Å². The van der Waals surface area contributed by atoms with Gasteiger partial charge in [-0.3, -0.25) is 46.9 Å². The number of aliphatic hydroxyl groups is 3. The van der Waals surface area contributed by atoms with Gasteiger partial charge in [0.25, 0.3) is 17.1 Å². The molecule has 0 amide bonds. The zero-order valence-electron chi connectivity index (χ0n) is 38.4. The zero-order chi connectivity index (χ0) is 53.8. The Balaban J connectivity index is 0.939. The van der Waals surface area contributed by atoms with Crippen molar-refractivity contribution in [2.24, 2.45) is 18.9 Å². The standard InChI is InChI=1S/C34H48N12O24P4/c1-43-13-46(28-21(43)29(51)42-33(36)41-28)30-22(48)14(6-61-2)16(66-30)7-64-72(55,56)69-74(59,60)70-73(57,58)65-8-17-15(25(62-3)32(67-17)45-12-39-20-26(35)37-11-38-27(20)45)10-71(53,54)63-9-18-23(49)24(50)31(68-18)44-5-4-19(47)40-34(44)52/h4-5,11-18,22-25,30-32,48-50H,6-10H2,1-3H3,(H9-,35,36,37,38,40,41,42,47,51,52,53,54,55,56,57,58,59,60)/p+1/t14-,15-,16-,17?,18-,22-,23-,24-,25-,30-,31-,32-/m1/s1. The van der Waals surface area contributed by atoms with E-state index in [9.17, 15) is 67.5 Å².